The van der Waals surface area contributed by atoms with E-state index in [-0.39, 0.29) is 12.0 Å². The Morgan fingerprint density at radius 3 is 2.95 bits per heavy atom. The second-order valence-corrected chi connectivity index (χ2v) is 4.93. The minimum absolute atomic E-state index is 0.0206. The lowest BCUT2D eigenvalue weighted by Crippen LogP contribution is -2.29. The van der Waals surface area contributed by atoms with Gasteiger partial charge in [-0.1, -0.05) is 13.3 Å². The lowest BCUT2D eigenvalue weighted by atomic mass is 10.1. The van der Waals surface area contributed by atoms with Gasteiger partial charge in [0, 0.05) is 31.4 Å². The van der Waals surface area contributed by atoms with Crippen LogP contribution in [0, 0.1) is 0 Å². The average molecular weight is 263 g/mol. The molecule has 0 aliphatic carbocycles. The van der Waals surface area contributed by atoms with Gasteiger partial charge in [-0.25, -0.2) is 4.98 Å². The first-order valence-electron chi connectivity index (χ1n) is 6.80. The van der Waals surface area contributed by atoms with E-state index in [1.165, 1.54) is 0 Å². The Labute approximate surface area is 113 Å². The predicted molar refractivity (Wildman–Crippen MR) is 74.3 cm³/mol. The van der Waals surface area contributed by atoms with Gasteiger partial charge in [-0.15, -0.1) is 0 Å². The van der Waals surface area contributed by atoms with Gasteiger partial charge in [-0.05, 0) is 25.0 Å². The molecule has 1 unspecified atom stereocenters. The molecule has 1 fully saturated rings. The molecule has 2 N–H and O–H groups in total. The first-order valence-corrected chi connectivity index (χ1v) is 6.80. The number of pyridine rings is 1. The third-order valence-corrected chi connectivity index (χ3v) is 3.34. The monoisotopic (exact) mass is 263 g/mol. The molecule has 19 heavy (non-hydrogen) atoms. The first kappa shape index (κ1) is 13.8. The smallest absolute Gasteiger partial charge is 0.254 e. The summed E-state index contributed by atoms with van der Waals surface area (Å²) in [6, 6.07) is 3.63. The van der Waals surface area contributed by atoms with Crippen molar-refractivity contribution >= 4 is 11.7 Å². The van der Waals surface area contributed by atoms with Crippen LogP contribution in [-0.2, 0) is 6.42 Å². The van der Waals surface area contributed by atoms with E-state index >= 15 is 0 Å². The number of anilines is 1. The number of nitrogens with zero attached hydrogens (tertiary/aromatic N) is 2. The van der Waals surface area contributed by atoms with Crippen molar-refractivity contribution in [3.8, 4) is 0 Å². The maximum absolute atomic E-state index is 12.4. The van der Waals surface area contributed by atoms with E-state index in [1.807, 2.05) is 6.07 Å². The summed E-state index contributed by atoms with van der Waals surface area (Å²) in [5.41, 5.74) is 1.58. The fourth-order valence-corrected chi connectivity index (χ4v) is 2.33. The quantitative estimate of drug-likeness (QED) is 0.859. The van der Waals surface area contributed by atoms with Crippen molar-refractivity contribution in [3.05, 3.63) is 23.4 Å². The van der Waals surface area contributed by atoms with Gasteiger partial charge < -0.3 is 15.3 Å². The molecule has 1 amide bonds. The molecule has 104 valence electrons. The molecule has 0 bridgehead atoms. The Morgan fingerprint density at radius 1 is 1.58 bits per heavy atom. The van der Waals surface area contributed by atoms with Crippen molar-refractivity contribution in [2.75, 3.05) is 25.5 Å². The van der Waals surface area contributed by atoms with Gasteiger partial charge in [0.05, 0.1) is 6.10 Å². The zero-order chi connectivity index (χ0) is 13.8. The molecule has 1 aliphatic rings. The summed E-state index contributed by atoms with van der Waals surface area (Å²) in [6.45, 7) is 3.14. The molecular weight excluding hydrogens is 242 g/mol. The van der Waals surface area contributed by atoms with Gasteiger partial charge in [-0.3, -0.25) is 4.79 Å². The van der Waals surface area contributed by atoms with Crippen molar-refractivity contribution in [3.63, 3.8) is 0 Å². The highest BCUT2D eigenvalue weighted by molar-refractivity contribution is 5.95. The zero-order valence-electron chi connectivity index (χ0n) is 11.5. The number of rotatable bonds is 4. The highest BCUT2D eigenvalue weighted by atomic mass is 16.3. The summed E-state index contributed by atoms with van der Waals surface area (Å²) in [5, 5.41) is 12.5. The lowest BCUT2D eigenvalue weighted by molar-refractivity contribution is 0.0765. The summed E-state index contributed by atoms with van der Waals surface area (Å²) < 4.78 is 0. The molecule has 0 radical (unpaired) electrons. The molecule has 1 atom stereocenters. The van der Waals surface area contributed by atoms with Crippen LogP contribution in [0.2, 0.25) is 0 Å². The number of nitrogens with one attached hydrogen (secondary N) is 1. The Bertz CT molecular complexity index is 462. The van der Waals surface area contributed by atoms with Gasteiger partial charge in [-0.2, -0.15) is 0 Å². The number of aliphatic hydroxyl groups excluding tert-OH is 1. The molecule has 1 aliphatic heterocycles. The van der Waals surface area contributed by atoms with Crippen LogP contribution in [0.5, 0.6) is 0 Å². The van der Waals surface area contributed by atoms with Gasteiger partial charge >= 0.3 is 0 Å². The van der Waals surface area contributed by atoms with E-state index in [2.05, 4.69) is 17.2 Å². The second-order valence-electron chi connectivity index (χ2n) is 4.93. The molecule has 5 nitrogen and oxygen atoms in total. The molecule has 1 aromatic heterocycles. The maximum atomic E-state index is 12.4. The topological polar surface area (TPSA) is 65.5 Å². The molecule has 0 spiro atoms. The van der Waals surface area contributed by atoms with Crippen molar-refractivity contribution < 1.29 is 9.90 Å². The van der Waals surface area contributed by atoms with E-state index < -0.39 is 0 Å². The van der Waals surface area contributed by atoms with E-state index in [9.17, 15) is 9.90 Å². The van der Waals surface area contributed by atoms with Crippen molar-refractivity contribution in [2.45, 2.75) is 32.3 Å². The largest absolute Gasteiger partial charge is 0.391 e. The number of carbonyl (C=O) groups excluding carboxylic acids is 1. The van der Waals surface area contributed by atoms with E-state index in [1.54, 1.807) is 18.0 Å². The van der Waals surface area contributed by atoms with Crippen LogP contribution in [-0.4, -0.2) is 47.1 Å². The maximum Gasteiger partial charge on any atom is 0.254 e. The number of β-amino-alcohol motifs (C(OH)–C–C–N with tert-alkyl or cyclic N) is 1. The molecule has 5 heteroatoms. The number of amides is 1. The van der Waals surface area contributed by atoms with Crippen LogP contribution >= 0.6 is 0 Å². The summed E-state index contributed by atoms with van der Waals surface area (Å²) in [4.78, 5) is 18.5. The Kier molecular flexibility index (Phi) is 4.37. The third kappa shape index (κ3) is 3.23. The minimum atomic E-state index is -0.385. The van der Waals surface area contributed by atoms with Crippen LogP contribution in [0.15, 0.2) is 12.1 Å². The molecule has 1 aromatic rings. The predicted octanol–water partition coefficient (Wildman–Crippen LogP) is 1.28. The van der Waals surface area contributed by atoms with Gasteiger partial charge in [0.2, 0.25) is 0 Å². The SMILES string of the molecule is CCCc1cc(C(=O)N2CCC(O)C2)cc(NC)n1. The third-order valence-electron chi connectivity index (χ3n) is 3.34. The Morgan fingerprint density at radius 2 is 2.37 bits per heavy atom. The van der Waals surface area contributed by atoms with E-state index in [0.717, 1.165) is 18.5 Å². The molecule has 1 saturated heterocycles. The highest BCUT2D eigenvalue weighted by Gasteiger charge is 2.25. The standard InChI is InChI=1S/C14H21N3O2/c1-3-4-11-7-10(8-13(15-2)16-11)14(19)17-6-5-12(18)9-17/h7-8,12,18H,3-6,9H2,1-2H3,(H,15,16). The molecule has 0 saturated carbocycles. The van der Waals surface area contributed by atoms with Crippen molar-refractivity contribution in [1.82, 2.24) is 9.88 Å². The van der Waals surface area contributed by atoms with Crippen LogP contribution in [0.3, 0.4) is 0 Å². The normalized spacial score (nSPS) is 18.7. The van der Waals surface area contributed by atoms with Crippen molar-refractivity contribution in [2.24, 2.45) is 0 Å². The average Bonchev–Trinajstić information content (AvgIpc) is 2.84. The minimum Gasteiger partial charge on any atom is -0.391 e. The summed E-state index contributed by atoms with van der Waals surface area (Å²) in [6.07, 6.45) is 2.14. The highest BCUT2D eigenvalue weighted by Crippen LogP contribution is 2.17. The van der Waals surface area contributed by atoms with E-state index in [4.69, 9.17) is 0 Å². The Balaban J connectivity index is 2.22. The fraction of sp³-hybridized carbons (Fsp3) is 0.571. The first-order chi connectivity index (χ1) is 9.13. The number of aliphatic hydroxyl groups is 1. The van der Waals surface area contributed by atoms with Crippen LogP contribution in [0.25, 0.3) is 0 Å². The number of aromatic nitrogens is 1. The van der Waals surface area contributed by atoms with Gasteiger partial charge in [0.15, 0.2) is 0 Å². The summed E-state index contributed by atoms with van der Waals surface area (Å²) in [7, 11) is 1.80. The summed E-state index contributed by atoms with van der Waals surface area (Å²) >= 11 is 0. The fourth-order valence-electron chi connectivity index (χ4n) is 2.33. The lowest BCUT2D eigenvalue weighted by Gasteiger charge is -2.16. The van der Waals surface area contributed by atoms with Gasteiger partial charge in [0.25, 0.3) is 5.91 Å². The number of aryl methyl sites for hydroxylation is 1. The Hall–Kier alpha value is -1.62. The molecule has 0 aromatic carbocycles. The number of hydrogen-bond donors (Lipinski definition) is 2. The van der Waals surface area contributed by atoms with Gasteiger partial charge in [0.1, 0.15) is 5.82 Å². The number of hydrogen-bond acceptors (Lipinski definition) is 4. The van der Waals surface area contributed by atoms with Crippen molar-refractivity contribution in [1.29, 1.82) is 0 Å². The molecule has 2 heterocycles. The van der Waals surface area contributed by atoms with Crippen LogP contribution < -0.4 is 5.32 Å². The number of likely N-dealkylation sites (tertiary alicyclic amines) is 1. The zero-order valence-corrected chi connectivity index (χ0v) is 11.5. The van der Waals surface area contributed by atoms with E-state index in [0.29, 0.717) is 30.9 Å². The summed E-state index contributed by atoms with van der Waals surface area (Å²) in [5.74, 6) is 0.696. The second kappa shape index (κ2) is 6.02. The van der Waals surface area contributed by atoms with Crippen LogP contribution in [0.4, 0.5) is 5.82 Å². The number of carbonyl (C=O) groups is 1. The molecule has 2 rings (SSSR count). The van der Waals surface area contributed by atoms with Crippen LogP contribution in [0.1, 0.15) is 35.8 Å². The molecular formula is C14H21N3O2.